The minimum atomic E-state index is -0.0412. The summed E-state index contributed by atoms with van der Waals surface area (Å²) in [4.78, 5) is 17.1. The molecule has 5 heteroatoms. The molecule has 2 aromatic rings. The van der Waals surface area contributed by atoms with E-state index in [4.69, 9.17) is 0 Å². The molecule has 0 radical (unpaired) electrons. The Morgan fingerprint density at radius 1 is 1.21 bits per heavy atom. The van der Waals surface area contributed by atoms with Crippen LogP contribution >= 0.6 is 0 Å². The maximum Gasteiger partial charge on any atom is 0.326 e. The molecule has 100 valence electrons. The predicted octanol–water partition coefficient (Wildman–Crippen LogP) is 0.807. The van der Waals surface area contributed by atoms with E-state index in [-0.39, 0.29) is 5.69 Å². The van der Waals surface area contributed by atoms with Crippen LogP contribution in [-0.2, 0) is 7.05 Å². The molecule has 0 aliphatic carbocycles. The van der Waals surface area contributed by atoms with Crippen LogP contribution in [0.1, 0.15) is 12.8 Å². The molecular formula is C14H18N4O. The summed E-state index contributed by atoms with van der Waals surface area (Å²) >= 11 is 0. The van der Waals surface area contributed by atoms with E-state index in [9.17, 15) is 4.79 Å². The van der Waals surface area contributed by atoms with Gasteiger partial charge in [-0.3, -0.25) is 4.57 Å². The molecule has 0 spiro atoms. The fourth-order valence-corrected chi connectivity index (χ4v) is 3.53. The molecule has 1 aromatic carbocycles. The summed E-state index contributed by atoms with van der Waals surface area (Å²) in [7, 11) is 1.83. The van der Waals surface area contributed by atoms with Crippen molar-refractivity contribution in [1.82, 2.24) is 14.9 Å². The fraction of sp³-hybridized carbons (Fsp3) is 0.500. The number of fused-ring (bicyclic) bond motifs is 3. The van der Waals surface area contributed by atoms with E-state index in [1.54, 1.807) is 4.57 Å². The van der Waals surface area contributed by atoms with Crippen molar-refractivity contribution < 1.29 is 0 Å². The molecule has 2 aliphatic rings. The summed E-state index contributed by atoms with van der Waals surface area (Å²) in [5, 5.41) is 3.64. The lowest BCUT2D eigenvalue weighted by Crippen LogP contribution is -2.51. The first kappa shape index (κ1) is 11.1. The molecule has 4 rings (SSSR count). The van der Waals surface area contributed by atoms with Crippen LogP contribution in [0.5, 0.6) is 0 Å². The van der Waals surface area contributed by atoms with Crippen molar-refractivity contribution in [3.05, 3.63) is 28.7 Å². The van der Waals surface area contributed by atoms with Gasteiger partial charge in [0.1, 0.15) is 0 Å². The fourth-order valence-electron chi connectivity index (χ4n) is 3.53. The Labute approximate surface area is 111 Å². The third-order valence-electron chi connectivity index (χ3n) is 4.45. The highest BCUT2D eigenvalue weighted by molar-refractivity contribution is 5.89. The summed E-state index contributed by atoms with van der Waals surface area (Å²) in [6.45, 7) is 2.07. The number of nitrogens with zero attached hydrogens (tertiary/aromatic N) is 2. The van der Waals surface area contributed by atoms with Crippen LogP contribution in [0.25, 0.3) is 11.0 Å². The normalized spacial score (nSPS) is 26.3. The molecule has 1 aromatic heterocycles. The first-order valence-corrected chi connectivity index (χ1v) is 6.91. The Balaban J connectivity index is 1.84. The standard InChI is InChI=1S/C14H18N4O/c1-17-13-11(16-14(17)19)3-2-4-12(13)18-7-9-5-6-10(8-18)15-9/h2-4,9-10,15H,5-8H2,1H3,(H,16,19)/t9-,10+. The Morgan fingerprint density at radius 3 is 2.68 bits per heavy atom. The maximum atomic E-state index is 11.8. The number of anilines is 1. The van der Waals surface area contributed by atoms with Gasteiger partial charge in [-0.1, -0.05) is 6.07 Å². The zero-order valence-electron chi connectivity index (χ0n) is 11.0. The van der Waals surface area contributed by atoms with Crippen LogP contribution in [0.15, 0.2) is 23.0 Å². The second kappa shape index (κ2) is 3.87. The molecule has 19 heavy (non-hydrogen) atoms. The van der Waals surface area contributed by atoms with Gasteiger partial charge in [0.05, 0.1) is 16.7 Å². The number of aryl methyl sites for hydroxylation is 1. The zero-order chi connectivity index (χ0) is 13.0. The van der Waals surface area contributed by atoms with Gasteiger partial charge in [0.25, 0.3) is 0 Å². The third-order valence-corrected chi connectivity index (χ3v) is 4.45. The van der Waals surface area contributed by atoms with Crippen LogP contribution in [0, 0.1) is 0 Å². The quantitative estimate of drug-likeness (QED) is 0.796. The number of rotatable bonds is 1. The number of para-hydroxylation sites is 1. The molecule has 2 N–H and O–H groups in total. The Hall–Kier alpha value is -1.75. The summed E-state index contributed by atoms with van der Waals surface area (Å²) in [6, 6.07) is 7.32. The molecule has 2 bridgehead atoms. The van der Waals surface area contributed by atoms with Crippen LogP contribution in [0.2, 0.25) is 0 Å². The summed E-state index contributed by atoms with van der Waals surface area (Å²) in [5.74, 6) is 0. The molecule has 2 atom stereocenters. The van der Waals surface area contributed by atoms with Crippen molar-refractivity contribution in [1.29, 1.82) is 0 Å². The summed E-state index contributed by atoms with van der Waals surface area (Å²) < 4.78 is 1.72. The number of benzene rings is 1. The zero-order valence-corrected chi connectivity index (χ0v) is 11.0. The minimum Gasteiger partial charge on any atom is -0.367 e. The van der Waals surface area contributed by atoms with E-state index in [0.29, 0.717) is 12.1 Å². The molecule has 2 aliphatic heterocycles. The van der Waals surface area contributed by atoms with Crippen LogP contribution < -0.4 is 15.9 Å². The van der Waals surface area contributed by atoms with Gasteiger partial charge in [-0.2, -0.15) is 0 Å². The van der Waals surface area contributed by atoms with Gasteiger partial charge >= 0.3 is 5.69 Å². The highest BCUT2D eigenvalue weighted by Crippen LogP contribution is 2.29. The van der Waals surface area contributed by atoms with Crippen molar-refractivity contribution in [2.24, 2.45) is 7.05 Å². The lowest BCUT2D eigenvalue weighted by atomic mass is 10.2. The predicted molar refractivity (Wildman–Crippen MR) is 75.7 cm³/mol. The van der Waals surface area contributed by atoms with Crippen molar-refractivity contribution in [2.45, 2.75) is 24.9 Å². The Kier molecular flexibility index (Phi) is 2.26. The van der Waals surface area contributed by atoms with E-state index in [2.05, 4.69) is 21.3 Å². The van der Waals surface area contributed by atoms with Gasteiger partial charge in [0, 0.05) is 32.2 Å². The molecule has 5 nitrogen and oxygen atoms in total. The summed E-state index contributed by atoms with van der Waals surface area (Å²) in [5.41, 5.74) is 3.09. The number of piperazine rings is 1. The molecule has 0 saturated carbocycles. The minimum absolute atomic E-state index is 0.0412. The van der Waals surface area contributed by atoms with Crippen molar-refractivity contribution in [3.8, 4) is 0 Å². The molecule has 0 amide bonds. The first-order chi connectivity index (χ1) is 9.22. The highest BCUT2D eigenvalue weighted by atomic mass is 16.1. The van der Waals surface area contributed by atoms with Crippen molar-refractivity contribution in [2.75, 3.05) is 18.0 Å². The average Bonchev–Trinajstić information content (AvgIpc) is 2.90. The number of aromatic nitrogens is 2. The van der Waals surface area contributed by atoms with Gasteiger partial charge in [0.2, 0.25) is 0 Å². The Morgan fingerprint density at radius 2 is 1.95 bits per heavy atom. The number of H-pyrrole nitrogens is 1. The molecule has 3 heterocycles. The lowest BCUT2D eigenvalue weighted by Gasteiger charge is -2.35. The number of hydrogen-bond acceptors (Lipinski definition) is 3. The number of aromatic amines is 1. The van der Waals surface area contributed by atoms with Gasteiger partial charge in [-0.25, -0.2) is 4.79 Å². The van der Waals surface area contributed by atoms with E-state index in [0.717, 1.165) is 24.1 Å². The number of hydrogen-bond donors (Lipinski definition) is 2. The highest BCUT2D eigenvalue weighted by Gasteiger charge is 2.33. The molecule has 2 saturated heterocycles. The van der Waals surface area contributed by atoms with Crippen LogP contribution in [0.3, 0.4) is 0 Å². The monoisotopic (exact) mass is 258 g/mol. The van der Waals surface area contributed by atoms with Gasteiger partial charge in [-0.15, -0.1) is 0 Å². The number of nitrogens with one attached hydrogen (secondary N) is 2. The van der Waals surface area contributed by atoms with Gasteiger partial charge < -0.3 is 15.2 Å². The largest absolute Gasteiger partial charge is 0.367 e. The van der Waals surface area contributed by atoms with E-state index in [1.165, 1.54) is 18.5 Å². The Bertz CT molecular complexity index is 674. The SMILES string of the molecule is Cn1c(=O)[nH]c2cccc(N3C[C@H]4CC[C@@H](C3)N4)c21. The molecule has 0 unspecified atom stereocenters. The lowest BCUT2D eigenvalue weighted by molar-refractivity contribution is 0.466. The smallest absolute Gasteiger partial charge is 0.326 e. The van der Waals surface area contributed by atoms with Crippen molar-refractivity contribution in [3.63, 3.8) is 0 Å². The van der Waals surface area contributed by atoms with E-state index in [1.807, 2.05) is 19.2 Å². The number of imidazole rings is 1. The van der Waals surface area contributed by atoms with Crippen LogP contribution in [-0.4, -0.2) is 34.7 Å². The van der Waals surface area contributed by atoms with Gasteiger partial charge in [0.15, 0.2) is 0 Å². The topological polar surface area (TPSA) is 53.1 Å². The third kappa shape index (κ3) is 1.61. The van der Waals surface area contributed by atoms with Crippen LogP contribution in [0.4, 0.5) is 5.69 Å². The first-order valence-electron chi connectivity index (χ1n) is 6.91. The maximum absolute atomic E-state index is 11.8. The average molecular weight is 258 g/mol. The van der Waals surface area contributed by atoms with Gasteiger partial charge in [-0.05, 0) is 25.0 Å². The second-order valence-electron chi connectivity index (χ2n) is 5.71. The van der Waals surface area contributed by atoms with Crippen molar-refractivity contribution >= 4 is 16.7 Å². The van der Waals surface area contributed by atoms with E-state index < -0.39 is 0 Å². The van der Waals surface area contributed by atoms with E-state index >= 15 is 0 Å². The second-order valence-corrected chi connectivity index (χ2v) is 5.71. The molecule has 2 fully saturated rings. The molecular weight excluding hydrogens is 240 g/mol. The summed E-state index contributed by atoms with van der Waals surface area (Å²) in [6.07, 6.45) is 2.53.